The van der Waals surface area contributed by atoms with Crippen LogP contribution in [0.4, 0.5) is 0 Å². The molecule has 0 spiro atoms. The second kappa shape index (κ2) is 5.47. The lowest BCUT2D eigenvalue weighted by Gasteiger charge is -2.04. The van der Waals surface area contributed by atoms with Crippen LogP contribution in [-0.4, -0.2) is 30.7 Å². The summed E-state index contributed by atoms with van der Waals surface area (Å²) in [5, 5.41) is 0.498. The van der Waals surface area contributed by atoms with E-state index in [1.54, 1.807) is 38.4 Å². The molecule has 0 radical (unpaired) electrons. The van der Waals surface area contributed by atoms with Crippen LogP contribution in [0.5, 0.6) is 0 Å². The summed E-state index contributed by atoms with van der Waals surface area (Å²) < 4.78 is 0. The maximum atomic E-state index is 11.6. The minimum absolute atomic E-state index is 0.227. The van der Waals surface area contributed by atoms with Gasteiger partial charge >= 0.3 is 0 Å². The minimum atomic E-state index is -0.238. The van der Waals surface area contributed by atoms with Crippen molar-refractivity contribution in [2.24, 2.45) is 0 Å². The SMILES string of the molecule is CN(C)C(=O)/C=C/C(=O)c1cccc(Cl)c1. The number of hydrogen-bond donors (Lipinski definition) is 0. The summed E-state index contributed by atoms with van der Waals surface area (Å²) in [5.41, 5.74) is 0.468. The minimum Gasteiger partial charge on any atom is -0.345 e. The Labute approximate surface area is 99.3 Å². The molecule has 1 aromatic carbocycles. The van der Waals surface area contributed by atoms with E-state index in [-0.39, 0.29) is 11.7 Å². The molecule has 1 rings (SSSR count). The van der Waals surface area contributed by atoms with Crippen LogP contribution in [0.25, 0.3) is 0 Å². The van der Waals surface area contributed by atoms with Crippen molar-refractivity contribution < 1.29 is 9.59 Å². The van der Waals surface area contributed by atoms with Gasteiger partial charge in [0, 0.05) is 30.8 Å². The van der Waals surface area contributed by atoms with Gasteiger partial charge in [-0.1, -0.05) is 23.7 Å². The summed E-state index contributed by atoms with van der Waals surface area (Å²) in [6.07, 6.45) is 2.48. The lowest BCUT2D eigenvalue weighted by Crippen LogP contribution is -2.19. The first-order valence-electron chi connectivity index (χ1n) is 4.70. The van der Waals surface area contributed by atoms with Crippen LogP contribution in [-0.2, 0) is 4.79 Å². The van der Waals surface area contributed by atoms with Crippen LogP contribution in [0.1, 0.15) is 10.4 Å². The second-order valence-corrected chi connectivity index (χ2v) is 3.88. The van der Waals surface area contributed by atoms with Crippen LogP contribution in [0.2, 0.25) is 5.02 Å². The molecule has 0 aliphatic heterocycles. The lowest BCUT2D eigenvalue weighted by molar-refractivity contribution is -0.123. The summed E-state index contributed by atoms with van der Waals surface area (Å²) in [5.74, 6) is -0.465. The molecule has 0 unspecified atom stereocenters. The third-order valence-electron chi connectivity index (χ3n) is 1.93. The van der Waals surface area contributed by atoms with E-state index in [9.17, 15) is 9.59 Å². The van der Waals surface area contributed by atoms with E-state index in [2.05, 4.69) is 0 Å². The van der Waals surface area contributed by atoms with Gasteiger partial charge in [-0.15, -0.1) is 0 Å². The van der Waals surface area contributed by atoms with Gasteiger partial charge in [0.25, 0.3) is 0 Å². The van der Waals surface area contributed by atoms with Gasteiger partial charge in [0.2, 0.25) is 5.91 Å². The van der Waals surface area contributed by atoms with Gasteiger partial charge < -0.3 is 4.90 Å². The van der Waals surface area contributed by atoms with E-state index in [1.165, 1.54) is 17.1 Å². The molecule has 0 N–H and O–H groups in total. The average molecular weight is 238 g/mol. The third-order valence-corrected chi connectivity index (χ3v) is 2.16. The molecular weight excluding hydrogens is 226 g/mol. The zero-order valence-corrected chi connectivity index (χ0v) is 9.86. The molecule has 0 heterocycles. The molecule has 0 bridgehead atoms. The molecule has 0 aliphatic carbocycles. The van der Waals surface area contributed by atoms with Gasteiger partial charge in [-0.3, -0.25) is 9.59 Å². The maximum Gasteiger partial charge on any atom is 0.246 e. The van der Waals surface area contributed by atoms with Gasteiger partial charge in [-0.2, -0.15) is 0 Å². The van der Waals surface area contributed by atoms with Crippen LogP contribution < -0.4 is 0 Å². The molecule has 1 aromatic rings. The van der Waals surface area contributed by atoms with Crippen molar-refractivity contribution in [2.75, 3.05) is 14.1 Å². The number of hydrogen-bond acceptors (Lipinski definition) is 2. The van der Waals surface area contributed by atoms with Gasteiger partial charge in [-0.05, 0) is 18.2 Å². The number of amides is 1. The number of nitrogens with zero attached hydrogens (tertiary/aromatic N) is 1. The van der Waals surface area contributed by atoms with Gasteiger partial charge in [-0.25, -0.2) is 0 Å². The smallest absolute Gasteiger partial charge is 0.246 e. The number of allylic oxidation sites excluding steroid dienone is 1. The Bertz CT molecular complexity index is 438. The number of likely N-dealkylation sites (N-methyl/N-ethyl adjacent to an activating group) is 1. The summed E-state index contributed by atoms with van der Waals surface area (Å²) in [6.45, 7) is 0. The predicted octanol–water partition coefficient (Wildman–Crippen LogP) is 2.17. The lowest BCUT2D eigenvalue weighted by atomic mass is 10.1. The Morgan fingerprint density at radius 3 is 2.50 bits per heavy atom. The highest BCUT2D eigenvalue weighted by molar-refractivity contribution is 6.31. The first-order chi connectivity index (χ1) is 7.50. The number of rotatable bonds is 3. The predicted molar refractivity (Wildman–Crippen MR) is 63.6 cm³/mol. The standard InChI is InChI=1S/C12H12ClNO2/c1-14(2)12(16)7-6-11(15)9-4-3-5-10(13)8-9/h3-8H,1-2H3/b7-6+. The Morgan fingerprint density at radius 2 is 1.94 bits per heavy atom. The highest BCUT2D eigenvalue weighted by atomic mass is 35.5. The molecule has 0 saturated heterocycles. The van der Waals surface area contributed by atoms with Crippen molar-refractivity contribution in [1.29, 1.82) is 0 Å². The highest BCUT2D eigenvalue weighted by Crippen LogP contribution is 2.11. The van der Waals surface area contributed by atoms with E-state index in [0.29, 0.717) is 10.6 Å². The summed E-state index contributed by atoms with van der Waals surface area (Å²) in [6, 6.07) is 6.59. The first kappa shape index (κ1) is 12.5. The van der Waals surface area contributed by atoms with Crippen LogP contribution >= 0.6 is 11.6 Å². The van der Waals surface area contributed by atoms with E-state index < -0.39 is 0 Å². The van der Waals surface area contributed by atoms with Crippen molar-refractivity contribution in [2.45, 2.75) is 0 Å². The summed E-state index contributed by atoms with van der Waals surface area (Å²) in [4.78, 5) is 24.2. The van der Waals surface area contributed by atoms with E-state index in [4.69, 9.17) is 11.6 Å². The molecule has 1 amide bonds. The normalized spacial score (nSPS) is 10.4. The number of halogens is 1. The monoisotopic (exact) mass is 237 g/mol. The van der Waals surface area contributed by atoms with Crippen molar-refractivity contribution in [3.63, 3.8) is 0 Å². The Balaban J connectivity index is 2.77. The molecule has 0 atom stereocenters. The Hall–Kier alpha value is -1.61. The third kappa shape index (κ3) is 3.51. The number of carbonyl (C=O) groups is 2. The van der Waals surface area contributed by atoms with Gasteiger partial charge in [0.05, 0.1) is 0 Å². The molecule has 16 heavy (non-hydrogen) atoms. The number of benzene rings is 1. The molecule has 0 saturated carbocycles. The zero-order chi connectivity index (χ0) is 12.1. The zero-order valence-electron chi connectivity index (χ0n) is 9.11. The van der Waals surface area contributed by atoms with E-state index in [1.807, 2.05) is 0 Å². The van der Waals surface area contributed by atoms with Crippen molar-refractivity contribution in [3.05, 3.63) is 47.0 Å². The fourth-order valence-electron chi connectivity index (χ4n) is 1.03. The van der Waals surface area contributed by atoms with E-state index in [0.717, 1.165) is 0 Å². The molecular formula is C12H12ClNO2. The fourth-order valence-corrected chi connectivity index (χ4v) is 1.22. The molecule has 84 valence electrons. The van der Waals surface area contributed by atoms with Crippen LogP contribution in [0.3, 0.4) is 0 Å². The highest BCUT2D eigenvalue weighted by Gasteiger charge is 2.03. The largest absolute Gasteiger partial charge is 0.345 e. The molecule has 0 aliphatic rings. The molecule has 0 aromatic heterocycles. The second-order valence-electron chi connectivity index (χ2n) is 3.44. The Morgan fingerprint density at radius 1 is 1.25 bits per heavy atom. The molecule has 3 nitrogen and oxygen atoms in total. The summed E-state index contributed by atoms with van der Waals surface area (Å²) in [7, 11) is 3.24. The van der Waals surface area contributed by atoms with Gasteiger partial charge in [0.15, 0.2) is 5.78 Å². The average Bonchev–Trinajstić information content (AvgIpc) is 2.25. The molecule has 0 fully saturated rings. The van der Waals surface area contributed by atoms with Crippen molar-refractivity contribution >= 4 is 23.3 Å². The van der Waals surface area contributed by atoms with Crippen LogP contribution in [0.15, 0.2) is 36.4 Å². The fraction of sp³-hybridized carbons (Fsp3) is 0.167. The molecule has 4 heteroatoms. The van der Waals surface area contributed by atoms with Crippen LogP contribution in [0, 0.1) is 0 Å². The number of ketones is 1. The van der Waals surface area contributed by atoms with E-state index >= 15 is 0 Å². The topological polar surface area (TPSA) is 37.4 Å². The maximum absolute atomic E-state index is 11.6. The van der Waals surface area contributed by atoms with Crippen molar-refractivity contribution in [3.8, 4) is 0 Å². The van der Waals surface area contributed by atoms with Crippen molar-refractivity contribution in [1.82, 2.24) is 4.90 Å². The quantitative estimate of drug-likeness (QED) is 0.597. The Kier molecular flexibility index (Phi) is 4.26. The summed E-state index contributed by atoms with van der Waals surface area (Å²) >= 11 is 5.75. The first-order valence-corrected chi connectivity index (χ1v) is 5.08. The van der Waals surface area contributed by atoms with Gasteiger partial charge in [0.1, 0.15) is 0 Å². The number of carbonyl (C=O) groups excluding carboxylic acids is 2.